The van der Waals surface area contributed by atoms with Crippen LogP contribution in [-0.2, 0) is 0 Å². The first-order valence-corrected chi connectivity index (χ1v) is 7.93. The van der Waals surface area contributed by atoms with E-state index in [1.807, 2.05) is 46.9 Å². The summed E-state index contributed by atoms with van der Waals surface area (Å²) in [6, 6.07) is 3.75. The number of hydrogen-bond donors (Lipinski definition) is 1. The van der Waals surface area contributed by atoms with Crippen molar-refractivity contribution in [3.8, 4) is 0 Å². The summed E-state index contributed by atoms with van der Waals surface area (Å²) < 4.78 is 1.99. The SMILES string of the molecule is Cc1cnc2cc(C(=O)N3CCC(c4cnc[nH]4)CC3)ccn12. The highest BCUT2D eigenvalue weighted by Gasteiger charge is 2.25. The number of piperidine rings is 1. The summed E-state index contributed by atoms with van der Waals surface area (Å²) in [6.45, 7) is 3.56. The van der Waals surface area contributed by atoms with Crippen LogP contribution in [0.1, 0.15) is 40.5 Å². The first-order valence-electron chi connectivity index (χ1n) is 7.93. The van der Waals surface area contributed by atoms with Crippen molar-refractivity contribution in [2.75, 3.05) is 13.1 Å². The van der Waals surface area contributed by atoms with Crippen LogP contribution in [0.4, 0.5) is 0 Å². The Balaban J connectivity index is 1.48. The molecule has 0 atom stereocenters. The van der Waals surface area contributed by atoms with E-state index >= 15 is 0 Å². The van der Waals surface area contributed by atoms with E-state index in [1.54, 1.807) is 6.33 Å². The van der Waals surface area contributed by atoms with Crippen LogP contribution in [0.25, 0.3) is 5.65 Å². The second-order valence-electron chi connectivity index (χ2n) is 6.12. The molecule has 1 saturated heterocycles. The van der Waals surface area contributed by atoms with Crippen LogP contribution in [0.2, 0.25) is 0 Å². The predicted molar refractivity (Wildman–Crippen MR) is 86.4 cm³/mol. The molecule has 4 rings (SSSR count). The van der Waals surface area contributed by atoms with Gasteiger partial charge in [-0.2, -0.15) is 0 Å². The Hall–Kier alpha value is -2.63. The van der Waals surface area contributed by atoms with Gasteiger partial charge in [0, 0.05) is 54.5 Å². The van der Waals surface area contributed by atoms with Gasteiger partial charge in [0.25, 0.3) is 5.91 Å². The summed E-state index contributed by atoms with van der Waals surface area (Å²) >= 11 is 0. The molecule has 3 aromatic rings. The predicted octanol–water partition coefficient (Wildman–Crippen LogP) is 2.39. The highest BCUT2D eigenvalue weighted by molar-refractivity contribution is 5.95. The summed E-state index contributed by atoms with van der Waals surface area (Å²) in [5.74, 6) is 0.565. The van der Waals surface area contributed by atoms with Gasteiger partial charge < -0.3 is 14.3 Å². The van der Waals surface area contributed by atoms with Crippen molar-refractivity contribution in [2.24, 2.45) is 0 Å². The van der Waals surface area contributed by atoms with Crippen LogP contribution in [0.3, 0.4) is 0 Å². The lowest BCUT2D eigenvalue weighted by atomic mass is 9.94. The summed E-state index contributed by atoms with van der Waals surface area (Å²) in [7, 11) is 0. The number of H-pyrrole nitrogens is 1. The summed E-state index contributed by atoms with van der Waals surface area (Å²) in [5.41, 5.74) is 3.77. The quantitative estimate of drug-likeness (QED) is 0.790. The smallest absolute Gasteiger partial charge is 0.254 e. The largest absolute Gasteiger partial charge is 0.348 e. The van der Waals surface area contributed by atoms with E-state index in [9.17, 15) is 4.79 Å². The molecule has 1 fully saturated rings. The van der Waals surface area contributed by atoms with E-state index in [1.165, 1.54) is 5.69 Å². The fourth-order valence-corrected chi connectivity index (χ4v) is 3.31. The van der Waals surface area contributed by atoms with Gasteiger partial charge in [-0.1, -0.05) is 0 Å². The second-order valence-corrected chi connectivity index (χ2v) is 6.12. The Morgan fingerprint density at radius 3 is 2.87 bits per heavy atom. The molecule has 0 saturated carbocycles. The van der Waals surface area contributed by atoms with E-state index in [4.69, 9.17) is 0 Å². The Bertz CT molecular complexity index is 828. The molecule has 6 nitrogen and oxygen atoms in total. The number of carbonyl (C=O) groups excluding carboxylic acids is 1. The Kier molecular flexibility index (Phi) is 3.37. The van der Waals surface area contributed by atoms with Crippen LogP contribution in [-0.4, -0.2) is 43.2 Å². The molecular weight excluding hydrogens is 290 g/mol. The van der Waals surface area contributed by atoms with Crippen molar-refractivity contribution < 1.29 is 4.79 Å². The molecule has 0 unspecified atom stereocenters. The molecule has 0 bridgehead atoms. The Morgan fingerprint density at radius 1 is 1.30 bits per heavy atom. The summed E-state index contributed by atoms with van der Waals surface area (Å²) in [5, 5.41) is 0. The zero-order valence-electron chi connectivity index (χ0n) is 13.1. The van der Waals surface area contributed by atoms with Crippen LogP contribution in [0.15, 0.2) is 37.1 Å². The van der Waals surface area contributed by atoms with Crippen molar-refractivity contribution in [1.82, 2.24) is 24.3 Å². The van der Waals surface area contributed by atoms with Gasteiger partial charge in [0.15, 0.2) is 0 Å². The number of rotatable bonds is 2. The third-order valence-corrected chi connectivity index (χ3v) is 4.69. The van der Waals surface area contributed by atoms with Gasteiger partial charge in [0.1, 0.15) is 5.65 Å². The molecule has 0 spiro atoms. The van der Waals surface area contributed by atoms with Crippen LogP contribution in [0.5, 0.6) is 0 Å². The lowest BCUT2D eigenvalue weighted by molar-refractivity contribution is 0.0712. The number of aromatic nitrogens is 4. The van der Waals surface area contributed by atoms with Crippen LogP contribution >= 0.6 is 0 Å². The average molecular weight is 309 g/mol. The zero-order valence-corrected chi connectivity index (χ0v) is 13.1. The number of imidazole rings is 2. The molecule has 118 valence electrons. The maximum Gasteiger partial charge on any atom is 0.254 e. The maximum absolute atomic E-state index is 12.7. The summed E-state index contributed by atoms with van der Waals surface area (Å²) in [4.78, 5) is 26.2. The molecule has 1 aliphatic heterocycles. The molecule has 1 N–H and O–H groups in total. The lowest BCUT2D eigenvalue weighted by Gasteiger charge is -2.31. The van der Waals surface area contributed by atoms with Crippen LogP contribution < -0.4 is 0 Å². The Labute approximate surface area is 134 Å². The monoisotopic (exact) mass is 309 g/mol. The van der Waals surface area contributed by atoms with E-state index in [2.05, 4.69) is 15.0 Å². The molecule has 23 heavy (non-hydrogen) atoms. The molecule has 0 radical (unpaired) electrons. The summed E-state index contributed by atoms with van der Waals surface area (Å²) in [6.07, 6.45) is 9.28. The van der Waals surface area contributed by atoms with Gasteiger partial charge in [0.05, 0.1) is 6.33 Å². The number of hydrogen-bond acceptors (Lipinski definition) is 3. The highest BCUT2D eigenvalue weighted by Crippen LogP contribution is 2.27. The molecule has 0 aliphatic carbocycles. The van der Waals surface area contributed by atoms with Crippen molar-refractivity contribution in [2.45, 2.75) is 25.7 Å². The minimum atomic E-state index is 0.0937. The molecule has 0 aromatic carbocycles. The minimum Gasteiger partial charge on any atom is -0.348 e. The van der Waals surface area contributed by atoms with E-state index in [0.717, 1.165) is 37.3 Å². The van der Waals surface area contributed by atoms with E-state index in [0.29, 0.717) is 11.5 Å². The number of amides is 1. The van der Waals surface area contributed by atoms with Gasteiger partial charge in [-0.15, -0.1) is 0 Å². The standard InChI is InChI=1S/C17H19N5O/c1-12-9-19-16-8-14(4-7-22(12)16)17(23)21-5-2-13(3-6-21)15-10-18-11-20-15/h4,7-11,13H,2-3,5-6H2,1H3,(H,18,20). The number of nitrogens with zero attached hydrogens (tertiary/aromatic N) is 4. The van der Waals surface area contributed by atoms with E-state index in [-0.39, 0.29) is 5.91 Å². The number of likely N-dealkylation sites (tertiary alicyclic amines) is 1. The Morgan fingerprint density at radius 2 is 2.13 bits per heavy atom. The van der Waals surface area contributed by atoms with Gasteiger partial charge in [-0.25, -0.2) is 9.97 Å². The second kappa shape index (κ2) is 5.53. The number of nitrogens with one attached hydrogen (secondary N) is 1. The topological polar surface area (TPSA) is 66.3 Å². The molecule has 3 aromatic heterocycles. The number of fused-ring (bicyclic) bond motifs is 1. The van der Waals surface area contributed by atoms with Gasteiger partial charge >= 0.3 is 0 Å². The van der Waals surface area contributed by atoms with Crippen molar-refractivity contribution in [1.29, 1.82) is 0 Å². The average Bonchev–Trinajstić information content (AvgIpc) is 3.24. The van der Waals surface area contributed by atoms with Gasteiger partial charge in [0.2, 0.25) is 0 Å². The van der Waals surface area contributed by atoms with Gasteiger partial charge in [-0.05, 0) is 31.9 Å². The lowest BCUT2D eigenvalue weighted by Crippen LogP contribution is -2.38. The molecule has 1 aliphatic rings. The highest BCUT2D eigenvalue weighted by atomic mass is 16.2. The normalized spacial score (nSPS) is 16.1. The first-order chi connectivity index (χ1) is 11.2. The zero-order chi connectivity index (χ0) is 15.8. The molecule has 4 heterocycles. The first kappa shape index (κ1) is 14.0. The fourth-order valence-electron chi connectivity index (χ4n) is 3.31. The third kappa shape index (κ3) is 2.50. The third-order valence-electron chi connectivity index (χ3n) is 4.69. The minimum absolute atomic E-state index is 0.0937. The van der Waals surface area contributed by atoms with E-state index < -0.39 is 0 Å². The number of aryl methyl sites for hydroxylation is 1. The van der Waals surface area contributed by atoms with Crippen molar-refractivity contribution in [3.05, 3.63) is 54.0 Å². The fraction of sp³-hybridized carbons (Fsp3) is 0.353. The maximum atomic E-state index is 12.7. The number of aromatic amines is 1. The molecule has 1 amide bonds. The van der Waals surface area contributed by atoms with Crippen molar-refractivity contribution in [3.63, 3.8) is 0 Å². The molecule has 6 heteroatoms. The van der Waals surface area contributed by atoms with Gasteiger partial charge in [-0.3, -0.25) is 4.79 Å². The number of carbonyl (C=O) groups is 1. The number of pyridine rings is 1. The van der Waals surface area contributed by atoms with Crippen molar-refractivity contribution >= 4 is 11.6 Å². The van der Waals surface area contributed by atoms with Crippen LogP contribution in [0, 0.1) is 6.92 Å². The molecular formula is C17H19N5O.